The molecule has 0 spiro atoms. The summed E-state index contributed by atoms with van der Waals surface area (Å²) in [5.41, 5.74) is 3.71. The molecule has 5 aromatic rings. The minimum atomic E-state index is -1.06. The number of hydrogen-bond donors (Lipinski definition) is 4. The molecule has 1 saturated heterocycles. The molecular weight excluding hydrogens is 788 g/mol. The number of nitrogens with one attached hydrogen (secondary N) is 4. The third kappa shape index (κ3) is 8.32. The number of amides is 3. The number of hydrogen-bond acceptors (Lipinski definition) is 11. The lowest BCUT2D eigenvalue weighted by Crippen LogP contribution is -2.40. The lowest BCUT2D eigenvalue weighted by molar-refractivity contribution is -0.132. The number of aryl methyl sites for hydroxylation is 1. The molecule has 0 radical (unpaired) electrons. The number of alkyl halides is 1. The van der Waals surface area contributed by atoms with Gasteiger partial charge in [0, 0.05) is 64.9 Å². The summed E-state index contributed by atoms with van der Waals surface area (Å²) in [7, 11) is 5.14. The first-order chi connectivity index (χ1) is 29.4. The Bertz CT molecular complexity index is 2750. The van der Waals surface area contributed by atoms with Crippen molar-refractivity contribution in [1.29, 1.82) is 0 Å². The Balaban J connectivity index is 0.818. The van der Waals surface area contributed by atoms with E-state index in [9.17, 15) is 28.4 Å². The highest BCUT2D eigenvalue weighted by Gasteiger charge is 2.39. The minimum absolute atomic E-state index is 0.0979. The Morgan fingerprint density at radius 1 is 1.11 bits per heavy atom. The number of pyridine rings is 1. The number of carbonyl (C=O) groups excluding carboxylic acids is 3. The summed E-state index contributed by atoms with van der Waals surface area (Å²) in [6, 6.07) is 9.61. The van der Waals surface area contributed by atoms with Crippen LogP contribution in [0.2, 0.25) is 0 Å². The lowest BCUT2D eigenvalue weighted by Gasteiger charge is -2.24. The number of allylic oxidation sites excluding steroid dienone is 2. The first kappa shape index (κ1) is 40.9. The number of aliphatic imine (C=N–C) groups is 1. The van der Waals surface area contributed by atoms with E-state index < -0.39 is 35.6 Å². The van der Waals surface area contributed by atoms with E-state index in [2.05, 4.69) is 42.9 Å². The molecule has 4 aromatic heterocycles. The Morgan fingerprint density at radius 3 is 2.67 bits per heavy atom. The number of piperidine rings is 1. The summed E-state index contributed by atoms with van der Waals surface area (Å²) in [6.45, 7) is 5.22. The molecule has 19 heteroatoms. The molecule has 61 heavy (non-hydrogen) atoms. The number of halogens is 1. The van der Waals surface area contributed by atoms with Crippen molar-refractivity contribution in [2.24, 2.45) is 18.0 Å². The number of imidazole rings is 2. The maximum Gasteiger partial charge on any atom is 0.329 e. The van der Waals surface area contributed by atoms with Crippen LogP contribution in [0.5, 0.6) is 0 Å². The van der Waals surface area contributed by atoms with E-state index in [1.54, 1.807) is 71.9 Å². The van der Waals surface area contributed by atoms with Gasteiger partial charge in [-0.3, -0.25) is 32.9 Å². The molecule has 318 valence electrons. The van der Waals surface area contributed by atoms with Crippen molar-refractivity contribution in [3.05, 3.63) is 99.2 Å². The smallest absolute Gasteiger partial charge is 0.329 e. The molecule has 4 atom stereocenters. The molecule has 0 bridgehead atoms. The van der Waals surface area contributed by atoms with Gasteiger partial charge in [0.25, 0.3) is 11.5 Å². The van der Waals surface area contributed by atoms with Gasteiger partial charge >= 0.3 is 5.69 Å². The molecule has 2 unspecified atom stereocenters. The first-order valence-electron chi connectivity index (χ1n) is 20.2. The maximum absolute atomic E-state index is 13.6. The Morgan fingerprint density at radius 2 is 1.93 bits per heavy atom. The third-order valence-corrected chi connectivity index (χ3v) is 11.2. The quantitative estimate of drug-likeness (QED) is 0.114. The van der Waals surface area contributed by atoms with Gasteiger partial charge in [-0.25, -0.2) is 23.7 Å². The average molecular weight is 835 g/mol. The zero-order chi connectivity index (χ0) is 42.9. The van der Waals surface area contributed by atoms with Crippen LogP contribution in [0.3, 0.4) is 0 Å². The molecule has 1 saturated carbocycles. The van der Waals surface area contributed by atoms with E-state index in [4.69, 9.17) is 4.74 Å². The van der Waals surface area contributed by atoms with Gasteiger partial charge in [-0.05, 0) is 68.0 Å². The van der Waals surface area contributed by atoms with Gasteiger partial charge in [-0.15, -0.1) is 5.10 Å². The predicted octanol–water partition coefficient (Wildman–Crippen LogP) is 3.13. The number of benzene rings is 1. The van der Waals surface area contributed by atoms with Gasteiger partial charge in [-0.2, -0.15) is 0 Å². The van der Waals surface area contributed by atoms with Crippen molar-refractivity contribution in [1.82, 2.24) is 43.8 Å². The first-order valence-corrected chi connectivity index (χ1v) is 20.2. The van der Waals surface area contributed by atoms with Crippen LogP contribution in [-0.2, 0) is 27.8 Å². The van der Waals surface area contributed by atoms with Gasteiger partial charge in [0.1, 0.15) is 23.7 Å². The molecule has 8 rings (SSSR count). The zero-order valence-corrected chi connectivity index (χ0v) is 34.1. The van der Waals surface area contributed by atoms with Crippen LogP contribution in [-0.4, -0.2) is 103 Å². The van der Waals surface area contributed by atoms with Crippen LogP contribution in [0.4, 0.5) is 21.6 Å². The van der Waals surface area contributed by atoms with E-state index in [0.717, 1.165) is 11.1 Å². The van der Waals surface area contributed by atoms with E-state index in [1.807, 2.05) is 18.2 Å². The van der Waals surface area contributed by atoms with Crippen molar-refractivity contribution in [2.75, 3.05) is 44.5 Å². The number of aromatic nitrogens is 6. The van der Waals surface area contributed by atoms with Gasteiger partial charge < -0.3 is 30.9 Å². The Hall–Kier alpha value is -6.89. The summed E-state index contributed by atoms with van der Waals surface area (Å²) in [5.74, 6) is -0.695. The number of fused-ring (bicyclic) bond motifs is 2. The van der Waals surface area contributed by atoms with E-state index in [-0.39, 0.29) is 41.1 Å². The number of ether oxygens (including phenoxy) is 1. The van der Waals surface area contributed by atoms with Crippen LogP contribution in [0, 0.1) is 5.92 Å². The molecule has 1 aromatic carbocycles. The average Bonchev–Trinajstić information content (AvgIpc) is 3.67. The fourth-order valence-electron chi connectivity index (χ4n) is 7.63. The van der Waals surface area contributed by atoms with E-state index >= 15 is 0 Å². The van der Waals surface area contributed by atoms with Crippen LogP contribution >= 0.6 is 0 Å². The highest BCUT2D eigenvalue weighted by Crippen LogP contribution is 2.28. The lowest BCUT2D eigenvalue weighted by atomic mass is 10.0. The molecular formula is C42H47FN12O6. The fourth-order valence-corrected chi connectivity index (χ4v) is 7.63. The number of rotatable bonds is 15. The maximum atomic E-state index is 13.6. The fraction of sp³-hybridized carbons (Fsp3) is 0.381. The highest BCUT2D eigenvalue weighted by molar-refractivity contribution is 5.96. The standard InChI is InChI=1S/C42H47FN12O6/c1-24-8-11-32(38(56)47-24)54-31-12-9-25(19-33(31)52(4)42(54)60)14-18-61-17-6-15-51(3)40(58)26-10-13-36(45-22-26)53-16-5-7-28(41(53)59)48-35-21-30(44-2)37-46-23-34(55(37)50-35)39(57)49-29-20-27(29)43/h5,7,9,12-13,16,19,21-23,26-27,29,32,44H,1,6,8,10-11,14-15,17-18,20H2,2-4H3,(H,47,56)(H,48,50)(H,49,57)/t26?,27-,29+,32?/m0/s1. The minimum Gasteiger partial charge on any atom is -0.385 e. The van der Waals surface area contributed by atoms with Crippen molar-refractivity contribution >= 4 is 63.6 Å². The molecule has 2 fully saturated rings. The van der Waals surface area contributed by atoms with Crippen LogP contribution in [0.1, 0.15) is 54.2 Å². The van der Waals surface area contributed by atoms with E-state index in [1.165, 1.54) is 15.3 Å². The van der Waals surface area contributed by atoms with E-state index in [0.29, 0.717) is 80.2 Å². The second kappa shape index (κ2) is 17.0. The molecule has 3 aliphatic rings. The number of carbonyl (C=O) groups is 3. The van der Waals surface area contributed by atoms with Crippen LogP contribution < -0.4 is 32.5 Å². The summed E-state index contributed by atoms with van der Waals surface area (Å²) in [6.07, 6.45) is 8.21. The summed E-state index contributed by atoms with van der Waals surface area (Å²) < 4.78 is 25.2. The molecule has 2 aliphatic heterocycles. The SMILES string of the molecule is C=C1CCC(n2c(=O)n(C)c3cc(CCOCCCN(C)C(=O)C4C=NC(n5cccc(Nc6cc(NC)c7ncc(C(=O)N[C@@H]8C[C@@H]8F)n7n6)c5=O)=CC4)ccc32)C(=O)N1. The highest BCUT2D eigenvalue weighted by atomic mass is 19.1. The molecule has 6 heterocycles. The number of nitrogens with zero attached hydrogens (tertiary/aromatic N) is 8. The zero-order valence-electron chi connectivity index (χ0n) is 34.1. The number of anilines is 3. The Kier molecular flexibility index (Phi) is 11.4. The molecule has 18 nitrogen and oxygen atoms in total. The van der Waals surface area contributed by atoms with Gasteiger partial charge in [0.15, 0.2) is 17.2 Å². The molecule has 4 N–H and O–H groups in total. The summed E-state index contributed by atoms with van der Waals surface area (Å²) in [4.78, 5) is 76.0. The van der Waals surface area contributed by atoms with Crippen molar-refractivity contribution in [3.63, 3.8) is 0 Å². The van der Waals surface area contributed by atoms with Gasteiger partial charge in [0.2, 0.25) is 11.8 Å². The van der Waals surface area contributed by atoms with Crippen molar-refractivity contribution in [2.45, 2.75) is 56.8 Å². The van der Waals surface area contributed by atoms with Crippen LogP contribution in [0.25, 0.3) is 22.5 Å². The molecule has 1 aliphatic carbocycles. The predicted molar refractivity (Wildman–Crippen MR) is 228 cm³/mol. The van der Waals surface area contributed by atoms with Crippen molar-refractivity contribution in [3.8, 4) is 0 Å². The summed E-state index contributed by atoms with van der Waals surface area (Å²) in [5, 5.41) is 16.0. The monoisotopic (exact) mass is 834 g/mol. The second-order valence-corrected chi connectivity index (χ2v) is 15.5. The topological polar surface area (TPSA) is 203 Å². The van der Waals surface area contributed by atoms with Crippen molar-refractivity contribution < 1.29 is 23.5 Å². The van der Waals surface area contributed by atoms with Crippen LogP contribution in [0.15, 0.2) is 81.7 Å². The second-order valence-electron chi connectivity index (χ2n) is 15.5. The van der Waals surface area contributed by atoms with Gasteiger partial charge in [0.05, 0.1) is 41.5 Å². The normalized spacial score (nSPS) is 19.8. The van der Waals surface area contributed by atoms with Gasteiger partial charge in [-0.1, -0.05) is 12.6 Å². The third-order valence-electron chi connectivity index (χ3n) is 11.2. The molecule has 3 amide bonds. The summed E-state index contributed by atoms with van der Waals surface area (Å²) >= 11 is 0. The Labute approximate surface area is 348 Å². The largest absolute Gasteiger partial charge is 0.385 e.